The number of aromatic nitrogens is 1. The van der Waals surface area contributed by atoms with Crippen molar-refractivity contribution >= 4 is 5.91 Å². The van der Waals surface area contributed by atoms with E-state index in [1.807, 2.05) is 19.9 Å². The summed E-state index contributed by atoms with van der Waals surface area (Å²) in [4.78, 5) is 12.4. The average Bonchev–Trinajstić information content (AvgIpc) is 2.79. The maximum absolute atomic E-state index is 12.4. The molecule has 1 N–H and O–H groups in total. The summed E-state index contributed by atoms with van der Waals surface area (Å²) in [7, 11) is 0. The first-order valence-electron chi connectivity index (χ1n) is 7.55. The lowest BCUT2D eigenvalue weighted by atomic mass is 10.1. The smallest absolute Gasteiger partial charge is 0.257 e. The van der Waals surface area contributed by atoms with Gasteiger partial charge in [-0.1, -0.05) is 16.8 Å². The molecular formula is C16H24N2O4. The first-order valence-corrected chi connectivity index (χ1v) is 7.55. The Hall–Kier alpha value is -1.66. The summed E-state index contributed by atoms with van der Waals surface area (Å²) in [6.45, 7) is 9.20. The van der Waals surface area contributed by atoms with Gasteiger partial charge in [-0.2, -0.15) is 0 Å². The standard InChI is InChI=1S/C16H24N2O4/c1-10(2)5-8-21-14-6-7-20-9-13(14)17-16(19)15-11(3)18-22-12(15)4/h5,13-14H,6-9H2,1-4H3,(H,17,19)/t13-,14+/m0/s1. The first-order chi connectivity index (χ1) is 10.5. The molecule has 122 valence electrons. The van der Waals surface area contributed by atoms with Crippen LogP contribution in [-0.2, 0) is 9.47 Å². The van der Waals surface area contributed by atoms with E-state index in [1.54, 1.807) is 13.8 Å². The van der Waals surface area contributed by atoms with Crippen molar-refractivity contribution in [2.45, 2.75) is 46.3 Å². The minimum Gasteiger partial charge on any atom is -0.379 e. The van der Waals surface area contributed by atoms with Crippen molar-refractivity contribution in [1.82, 2.24) is 10.5 Å². The number of aryl methyl sites for hydroxylation is 2. The predicted molar refractivity (Wildman–Crippen MR) is 81.8 cm³/mol. The normalized spacial score (nSPS) is 21.5. The van der Waals surface area contributed by atoms with Gasteiger partial charge in [0.25, 0.3) is 5.91 Å². The van der Waals surface area contributed by atoms with Crippen LogP contribution in [0.25, 0.3) is 0 Å². The zero-order valence-electron chi connectivity index (χ0n) is 13.6. The summed E-state index contributed by atoms with van der Waals surface area (Å²) in [5.74, 6) is 0.330. The lowest BCUT2D eigenvalue weighted by Gasteiger charge is -2.31. The Bertz CT molecular complexity index is 527. The summed E-state index contributed by atoms with van der Waals surface area (Å²) in [6.07, 6.45) is 2.75. The second-order valence-electron chi connectivity index (χ2n) is 5.80. The molecule has 1 amide bonds. The maximum atomic E-state index is 12.4. The molecule has 0 saturated carbocycles. The molecule has 1 saturated heterocycles. The third kappa shape index (κ3) is 4.18. The fraction of sp³-hybridized carbons (Fsp3) is 0.625. The Kier molecular flexibility index (Phi) is 5.74. The molecular weight excluding hydrogens is 284 g/mol. The molecule has 0 unspecified atom stereocenters. The molecule has 0 aliphatic carbocycles. The molecule has 1 aliphatic heterocycles. The molecule has 6 heteroatoms. The molecule has 0 spiro atoms. The van der Waals surface area contributed by atoms with E-state index in [0.717, 1.165) is 6.42 Å². The number of amides is 1. The average molecular weight is 308 g/mol. The lowest BCUT2D eigenvalue weighted by molar-refractivity contribution is -0.0457. The molecule has 1 aromatic heterocycles. The Labute approximate surface area is 130 Å². The number of carbonyl (C=O) groups excluding carboxylic acids is 1. The molecule has 2 heterocycles. The first kappa shape index (κ1) is 16.7. The van der Waals surface area contributed by atoms with E-state index in [9.17, 15) is 4.79 Å². The Morgan fingerprint density at radius 1 is 1.45 bits per heavy atom. The molecule has 1 fully saturated rings. The largest absolute Gasteiger partial charge is 0.379 e. The Morgan fingerprint density at radius 2 is 2.23 bits per heavy atom. The van der Waals surface area contributed by atoms with Crippen LogP contribution in [0.1, 0.15) is 42.1 Å². The fourth-order valence-electron chi connectivity index (χ4n) is 2.44. The number of ether oxygens (including phenoxy) is 2. The lowest BCUT2D eigenvalue weighted by Crippen LogP contribution is -2.50. The minimum atomic E-state index is -0.192. The van der Waals surface area contributed by atoms with E-state index in [4.69, 9.17) is 14.0 Å². The summed E-state index contributed by atoms with van der Waals surface area (Å²) < 4.78 is 16.4. The number of hydrogen-bond acceptors (Lipinski definition) is 5. The molecule has 1 aromatic rings. The van der Waals surface area contributed by atoms with Crippen molar-refractivity contribution in [2.75, 3.05) is 19.8 Å². The zero-order chi connectivity index (χ0) is 16.1. The highest BCUT2D eigenvalue weighted by molar-refractivity contribution is 5.96. The van der Waals surface area contributed by atoms with E-state index < -0.39 is 0 Å². The molecule has 0 radical (unpaired) electrons. The van der Waals surface area contributed by atoms with Gasteiger partial charge in [-0.3, -0.25) is 4.79 Å². The molecule has 2 atom stereocenters. The van der Waals surface area contributed by atoms with Gasteiger partial charge in [-0.15, -0.1) is 0 Å². The van der Waals surface area contributed by atoms with Crippen LogP contribution in [0, 0.1) is 13.8 Å². The highest BCUT2D eigenvalue weighted by atomic mass is 16.5. The van der Waals surface area contributed by atoms with Crippen molar-refractivity contribution in [3.05, 3.63) is 28.7 Å². The van der Waals surface area contributed by atoms with E-state index in [1.165, 1.54) is 5.57 Å². The van der Waals surface area contributed by atoms with Gasteiger partial charge in [-0.05, 0) is 34.1 Å². The van der Waals surface area contributed by atoms with Crippen LogP contribution in [0.2, 0.25) is 0 Å². The van der Waals surface area contributed by atoms with Crippen LogP contribution in [0.3, 0.4) is 0 Å². The van der Waals surface area contributed by atoms with Crippen LogP contribution < -0.4 is 5.32 Å². The topological polar surface area (TPSA) is 73.6 Å². The van der Waals surface area contributed by atoms with Crippen LogP contribution in [0.4, 0.5) is 0 Å². The zero-order valence-corrected chi connectivity index (χ0v) is 13.6. The molecule has 0 aromatic carbocycles. The van der Waals surface area contributed by atoms with Gasteiger partial charge < -0.3 is 19.3 Å². The van der Waals surface area contributed by atoms with Gasteiger partial charge in [0, 0.05) is 6.61 Å². The van der Waals surface area contributed by atoms with Crippen molar-refractivity contribution < 1.29 is 18.8 Å². The number of nitrogens with one attached hydrogen (secondary N) is 1. The second kappa shape index (κ2) is 7.56. The quantitative estimate of drug-likeness (QED) is 0.844. The highest BCUT2D eigenvalue weighted by Gasteiger charge is 2.29. The molecule has 0 bridgehead atoms. The third-order valence-corrected chi connectivity index (χ3v) is 3.67. The molecule has 2 rings (SSSR count). The van der Waals surface area contributed by atoms with Crippen molar-refractivity contribution in [2.24, 2.45) is 0 Å². The fourth-order valence-corrected chi connectivity index (χ4v) is 2.44. The number of carbonyl (C=O) groups is 1. The molecule has 6 nitrogen and oxygen atoms in total. The Balaban J connectivity index is 1.99. The van der Waals surface area contributed by atoms with Gasteiger partial charge in [0.15, 0.2) is 0 Å². The minimum absolute atomic E-state index is 0.0474. The van der Waals surface area contributed by atoms with Gasteiger partial charge in [0.1, 0.15) is 11.3 Å². The maximum Gasteiger partial charge on any atom is 0.257 e. The monoisotopic (exact) mass is 308 g/mol. The molecule has 22 heavy (non-hydrogen) atoms. The highest BCUT2D eigenvalue weighted by Crippen LogP contribution is 2.16. The van der Waals surface area contributed by atoms with Gasteiger partial charge in [0.2, 0.25) is 0 Å². The number of allylic oxidation sites excluding steroid dienone is 1. The van der Waals surface area contributed by atoms with Crippen LogP contribution in [-0.4, -0.2) is 43.0 Å². The van der Waals surface area contributed by atoms with Crippen molar-refractivity contribution in [3.8, 4) is 0 Å². The summed E-state index contributed by atoms with van der Waals surface area (Å²) in [6, 6.07) is -0.166. The number of hydrogen-bond donors (Lipinski definition) is 1. The molecule has 1 aliphatic rings. The van der Waals surface area contributed by atoms with Gasteiger partial charge in [-0.25, -0.2) is 0 Å². The van der Waals surface area contributed by atoms with Crippen molar-refractivity contribution in [3.63, 3.8) is 0 Å². The van der Waals surface area contributed by atoms with Crippen LogP contribution >= 0.6 is 0 Å². The summed E-state index contributed by atoms with van der Waals surface area (Å²) >= 11 is 0. The summed E-state index contributed by atoms with van der Waals surface area (Å²) in [5, 5.41) is 6.79. The van der Waals surface area contributed by atoms with Crippen LogP contribution in [0.15, 0.2) is 16.2 Å². The number of nitrogens with zero attached hydrogens (tertiary/aromatic N) is 1. The predicted octanol–water partition coefficient (Wildman–Crippen LogP) is 2.16. The van der Waals surface area contributed by atoms with Gasteiger partial charge >= 0.3 is 0 Å². The summed E-state index contributed by atoms with van der Waals surface area (Å²) in [5.41, 5.74) is 2.30. The van der Waals surface area contributed by atoms with Gasteiger partial charge in [0.05, 0.1) is 31.1 Å². The van der Waals surface area contributed by atoms with Crippen LogP contribution in [0.5, 0.6) is 0 Å². The van der Waals surface area contributed by atoms with E-state index in [2.05, 4.69) is 10.5 Å². The Morgan fingerprint density at radius 3 is 2.86 bits per heavy atom. The number of rotatable bonds is 5. The van der Waals surface area contributed by atoms with E-state index in [-0.39, 0.29) is 18.1 Å². The third-order valence-electron chi connectivity index (χ3n) is 3.67. The van der Waals surface area contributed by atoms with E-state index >= 15 is 0 Å². The van der Waals surface area contributed by atoms with Crippen molar-refractivity contribution in [1.29, 1.82) is 0 Å². The SMILES string of the molecule is CC(C)=CCO[C@@H]1CCOC[C@@H]1NC(=O)c1c(C)noc1C. The van der Waals surface area contributed by atoms with E-state index in [0.29, 0.717) is 36.8 Å². The second-order valence-corrected chi connectivity index (χ2v) is 5.80.